The third-order valence-electron chi connectivity index (χ3n) is 3.78. The van der Waals surface area contributed by atoms with E-state index in [2.05, 4.69) is 43.9 Å². The molecule has 136 valence electrons. The third-order valence-corrected chi connectivity index (χ3v) is 5.08. The van der Waals surface area contributed by atoms with Crippen molar-refractivity contribution in [1.29, 1.82) is 0 Å². The average Bonchev–Trinajstić information content (AvgIpc) is 3.27. The highest BCUT2D eigenvalue weighted by molar-refractivity contribution is 7.19. The average molecular weight is 373 g/mol. The summed E-state index contributed by atoms with van der Waals surface area (Å²) in [5, 5.41) is 14.4. The molecule has 1 unspecified atom stereocenters. The van der Waals surface area contributed by atoms with Gasteiger partial charge in [0.15, 0.2) is 5.69 Å². The van der Waals surface area contributed by atoms with Crippen LogP contribution in [0.1, 0.15) is 28.3 Å². The first kappa shape index (κ1) is 17.9. The Kier molecular flexibility index (Phi) is 5.47. The van der Waals surface area contributed by atoms with E-state index in [9.17, 15) is 9.59 Å². The Bertz CT molecular complexity index is 887. The number of esters is 1. The molecular weight excluding hydrogens is 354 g/mol. The van der Waals surface area contributed by atoms with Gasteiger partial charge in [-0.25, -0.2) is 14.3 Å². The summed E-state index contributed by atoms with van der Waals surface area (Å²) in [5.41, 5.74) is 0.135. The molecule has 2 heterocycles. The molecule has 26 heavy (non-hydrogen) atoms. The number of hydrogen-bond acceptors (Lipinski definition) is 6. The highest BCUT2D eigenvalue weighted by Crippen LogP contribution is 2.29. The summed E-state index contributed by atoms with van der Waals surface area (Å²) in [6, 6.07) is 9.87. The zero-order valence-electron chi connectivity index (χ0n) is 14.4. The van der Waals surface area contributed by atoms with Crippen molar-refractivity contribution in [2.24, 2.45) is 0 Å². The van der Waals surface area contributed by atoms with Crippen molar-refractivity contribution < 1.29 is 14.3 Å². The summed E-state index contributed by atoms with van der Waals surface area (Å²) < 4.78 is 7.24. The van der Waals surface area contributed by atoms with E-state index in [1.165, 1.54) is 28.1 Å². The van der Waals surface area contributed by atoms with Crippen molar-refractivity contribution in [2.75, 3.05) is 13.7 Å². The van der Waals surface area contributed by atoms with Crippen molar-refractivity contribution in [1.82, 2.24) is 25.6 Å². The van der Waals surface area contributed by atoms with Gasteiger partial charge < -0.3 is 15.4 Å². The number of amides is 2. The summed E-state index contributed by atoms with van der Waals surface area (Å²) in [5.74, 6) is -0.542. The molecule has 0 aliphatic carbocycles. The lowest BCUT2D eigenvalue weighted by molar-refractivity contribution is 0.0594. The van der Waals surface area contributed by atoms with Gasteiger partial charge in [-0.1, -0.05) is 23.4 Å². The van der Waals surface area contributed by atoms with Gasteiger partial charge in [0.2, 0.25) is 0 Å². The molecule has 3 aromatic rings. The van der Waals surface area contributed by atoms with E-state index in [4.69, 9.17) is 0 Å². The summed E-state index contributed by atoms with van der Waals surface area (Å²) in [7, 11) is 1.28. The van der Waals surface area contributed by atoms with Gasteiger partial charge >= 0.3 is 12.0 Å². The molecule has 0 aliphatic heterocycles. The van der Waals surface area contributed by atoms with Crippen LogP contribution in [0.25, 0.3) is 10.1 Å². The lowest BCUT2D eigenvalue weighted by atomic mass is 10.2. The first-order valence-corrected chi connectivity index (χ1v) is 8.90. The van der Waals surface area contributed by atoms with Crippen LogP contribution >= 0.6 is 11.3 Å². The number of nitrogens with zero attached hydrogens (tertiary/aromatic N) is 3. The second-order valence-corrected chi connectivity index (χ2v) is 6.78. The minimum Gasteiger partial charge on any atom is -0.464 e. The SMILES string of the molecule is COC(=O)c1cn(CCNC(=O)NC(C)c2cc3ccccc3s2)nn1. The maximum absolute atomic E-state index is 12.1. The number of ether oxygens (including phenoxy) is 1. The molecule has 2 N–H and O–H groups in total. The van der Waals surface area contributed by atoms with E-state index >= 15 is 0 Å². The molecule has 2 amide bonds. The molecule has 0 aliphatic rings. The number of hydrogen-bond donors (Lipinski definition) is 2. The van der Waals surface area contributed by atoms with Crippen LogP contribution in [0.5, 0.6) is 0 Å². The quantitative estimate of drug-likeness (QED) is 0.646. The lowest BCUT2D eigenvalue weighted by Gasteiger charge is -2.13. The summed E-state index contributed by atoms with van der Waals surface area (Å²) in [6.45, 7) is 2.70. The predicted octanol–water partition coefficient (Wildman–Crippen LogP) is 2.34. The molecule has 8 nitrogen and oxygen atoms in total. The van der Waals surface area contributed by atoms with Gasteiger partial charge in [0, 0.05) is 16.1 Å². The van der Waals surface area contributed by atoms with Crippen LogP contribution in [0.2, 0.25) is 0 Å². The Morgan fingerprint density at radius 1 is 1.35 bits per heavy atom. The zero-order valence-corrected chi connectivity index (χ0v) is 15.2. The number of aromatic nitrogens is 3. The Balaban J connectivity index is 1.47. The van der Waals surface area contributed by atoms with Crippen LogP contribution in [0.3, 0.4) is 0 Å². The second kappa shape index (κ2) is 7.96. The normalized spacial score (nSPS) is 11.9. The molecule has 0 radical (unpaired) electrons. The second-order valence-electron chi connectivity index (χ2n) is 5.67. The molecule has 3 rings (SSSR count). The molecule has 0 fully saturated rings. The highest BCUT2D eigenvalue weighted by Gasteiger charge is 2.13. The molecule has 0 saturated heterocycles. The largest absolute Gasteiger partial charge is 0.464 e. The minimum absolute atomic E-state index is 0.0929. The summed E-state index contributed by atoms with van der Waals surface area (Å²) >= 11 is 1.67. The number of carbonyl (C=O) groups is 2. The Morgan fingerprint density at radius 3 is 2.92 bits per heavy atom. The molecule has 9 heteroatoms. The van der Waals surface area contributed by atoms with Crippen LogP contribution in [0, 0.1) is 0 Å². The smallest absolute Gasteiger partial charge is 0.360 e. The standard InChI is InChI=1S/C17H19N5O3S/c1-11(15-9-12-5-3-4-6-14(12)26-15)19-17(24)18-7-8-22-10-13(20-21-22)16(23)25-2/h3-6,9-11H,7-8H2,1-2H3,(H2,18,19,24). The fraction of sp³-hybridized carbons (Fsp3) is 0.294. The van der Waals surface area contributed by atoms with E-state index in [0.29, 0.717) is 13.1 Å². The van der Waals surface area contributed by atoms with Crippen molar-refractivity contribution >= 4 is 33.4 Å². The van der Waals surface area contributed by atoms with E-state index in [0.717, 1.165) is 4.88 Å². The van der Waals surface area contributed by atoms with Crippen molar-refractivity contribution in [3.8, 4) is 0 Å². The van der Waals surface area contributed by atoms with E-state index < -0.39 is 5.97 Å². The monoisotopic (exact) mass is 373 g/mol. The highest BCUT2D eigenvalue weighted by atomic mass is 32.1. The molecular formula is C17H19N5O3S. The fourth-order valence-electron chi connectivity index (χ4n) is 2.42. The molecule has 2 aromatic heterocycles. The number of nitrogens with one attached hydrogen (secondary N) is 2. The predicted molar refractivity (Wildman–Crippen MR) is 98.1 cm³/mol. The minimum atomic E-state index is -0.542. The number of thiophene rings is 1. The summed E-state index contributed by atoms with van der Waals surface area (Å²) in [4.78, 5) is 24.5. The number of rotatable bonds is 6. The lowest BCUT2D eigenvalue weighted by Crippen LogP contribution is -2.38. The summed E-state index contributed by atoms with van der Waals surface area (Å²) in [6.07, 6.45) is 1.48. The number of fused-ring (bicyclic) bond motifs is 1. The van der Waals surface area contributed by atoms with Gasteiger partial charge in [-0.3, -0.25) is 0 Å². The first-order chi connectivity index (χ1) is 12.6. The molecule has 0 bridgehead atoms. The number of carbonyl (C=O) groups excluding carboxylic acids is 2. The Morgan fingerprint density at radius 2 is 2.15 bits per heavy atom. The van der Waals surface area contributed by atoms with Gasteiger partial charge in [-0.15, -0.1) is 16.4 Å². The first-order valence-electron chi connectivity index (χ1n) is 8.08. The molecule has 1 atom stereocenters. The maximum atomic E-state index is 12.1. The third kappa shape index (κ3) is 4.17. The van der Waals surface area contributed by atoms with Crippen LogP contribution in [-0.2, 0) is 11.3 Å². The molecule has 1 aromatic carbocycles. The van der Waals surface area contributed by atoms with Gasteiger partial charge in [0.1, 0.15) is 0 Å². The van der Waals surface area contributed by atoms with Gasteiger partial charge in [-0.05, 0) is 24.4 Å². The topological polar surface area (TPSA) is 98.1 Å². The van der Waals surface area contributed by atoms with Gasteiger partial charge in [-0.2, -0.15) is 0 Å². The Hall–Kier alpha value is -2.94. The van der Waals surface area contributed by atoms with Crippen LogP contribution in [-0.4, -0.2) is 40.6 Å². The van der Waals surface area contributed by atoms with Crippen molar-refractivity contribution in [2.45, 2.75) is 19.5 Å². The Labute approximate surface area is 154 Å². The molecule has 0 saturated carbocycles. The van der Waals surface area contributed by atoms with E-state index in [-0.39, 0.29) is 17.8 Å². The number of urea groups is 1. The van der Waals surface area contributed by atoms with Gasteiger partial charge in [0.25, 0.3) is 0 Å². The van der Waals surface area contributed by atoms with E-state index in [1.54, 1.807) is 11.3 Å². The van der Waals surface area contributed by atoms with E-state index in [1.807, 2.05) is 19.1 Å². The van der Waals surface area contributed by atoms with Crippen LogP contribution < -0.4 is 10.6 Å². The van der Waals surface area contributed by atoms with Crippen LogP contribution in [0.4, 0.5) is 4.79 Å². The van der Waals surface area contributed by atoms with Crippen molar-refractivity contribution in [3.05, 3.63) is 47.1 Å². The number of benzene rings is 1. The molecule has 0 spiro atoms. The fourth-order valence-corrected chi connectivity index (χ4v) is 3.49. The number of methoxy groups -OCH3 is 1. The zero-order chi connectivity index (χ0) is 18.5. The van der Waals surface area contributed by atoms with Crippen LogP contribution in [0.15, 0.2) is 36.5 Å². The maximum Gasteiger partial charge on any atom is 0.360 e. The van der Waals surface area contributed by atoms with Gasteiger partial charge in [0.05, 0.1) is 25.9 Å². The van der Waals surface area contributed by atoms with Crippen molar-refractivity contribution in [3.63, 3.8) is 0 Å².